The Morgan fingerprint density at radius 2 is 1.82 bits per heavy atom. The summed E-state index contributed by atoms with van der Waals surface area (Å²) in [5.41, 5.74) is 3.21. The summed E-state index contributed by atoms with van der Waals surface area (Å²) in [6.45, 7) is 6.69. The molecule has 0 aliphatic rings. The molecule has 0 bridgehead atoms. The molecule has 0 radical (unpaired) electrons. The van der Waals surface area contributed by atoms with Crippen molar-refractivity contribution in [2.24, 2.45) is 0 Å². The smallest absolute Gasteiger partial charge is 0.153 e. The fraction of sp³-hybridized carbons (Fsp3) is 0.278. The van der Waals surface area contributed by atoms with Gasteiger partial charge in [0, 0.05) is 0 Å². The second-order valence-corrected chi connectivity index (χ2v) is 5.31. The number of H-pyrrole nitrogens is 1. The van der Waals surface area contributed by atoms with Gasteiger partial charge in [0.05, 0.1) is 17.6 Å². The van der Waals surface area contributed by atoms with Gasteiger partial charge in [0.25, 0.3) is 0 Å². The van der Waals surface area contributed by atoms with Crippen molar-refractivity contribution in [1.82, 2.24) is 9.97 Å². The molecule has 1 aromatic heterocycles. The Morgan fingerprint density at radius 1 is 1.09 bits per heavy atom. The van der Waals surface area contributed by atoms with Crippen LogP contribution >= 0.6 is 0 Å². The van der Waals surface area contributed by atoms with E-state index in [1.165, 1.54) is 5.56 Å². The molecule has 22 heavy (non-hydrogen) atoms. The molecule has 0 unspecified atom stereocenters. The number of benzene rings is 2. The zero-order valence-electron chi connectivity index (χ0n) is 13.1. The first-order chi connectivity index (χ1) is 10.7. The summed E-state index contributed by atoms with van der Waals surface area (Å²) in [6, 6.07) is 13.8. The maximum Gasteiger partial charge on any atom is 0.153 e. The molecule has 1 atom stereocenters. The van der Waals surface area contributed by atoms with Gasteiger partial charge in [0.2, 0.25) is 0 Å². The van der Waals surface area contributed by atoms with Gasteiger partial charge in [-0.05, 0) is 62.7 Å². The van der Waals surface area contributed by atoms with E-state index in [0.29, 0.717) is 6.61 Å². The summed E-state index contributed by atoms with van der Waals surface area (Å²) in [5.74, 6) is 2.48. The highest BCUT2D eigenvalue weighted by Crippen LogP contribution is 2.24. The number of aromatic nitrogens is 2. The predicted molar refractivity (Wildman–Crippen MR) is 87.5 cm³/mol. The summed E-state index contributed by atoms with van der Waals surface area (Å²) in [4.78, 5) is 7.92. The average molecular weight is 296 g/mol. The molecule has 114 valence electrons. The van der Waals surface area contributed by atoms with E-state index < -0.39 is 0 Å². The first-order valence-electron chi connectivity index (χ1n) is 7.51. The number of nitrogens with one attached hydrogen (secondary N) is 1. The maximum atomic E-state index is 5.94. The number of ether oxygens (including phenoxy) is 2. The van der Waals surface area contributed by atoms with Crippen molar-refractivity contribution >= 4 is 11.0 Å². The summed E-state index contributed by atoms with van der Waals surface area (Å²) in [5, 5.41) is 0. The molecular weight excluding hydrogens is 276 g/mol. The zero-order valence-corrected chi connectivity index (χ0v) is 13.1. The molecule has 0 aliphatic carbocycles. The van der Waals surface area contributed by atoms with Crippen LogP contribution in [0.15, 0.2) is 42.5 Å². The molecule has 2 aromatic carbocycles. The molecular formula is C18H20N2O2. The zero-order chi connectivity index (χ0) is 15.5. The molecule has 3 aromatic rings. The quantitative estimate of drug-likeness (QED) is 0.758. The molecule has 4 heteroatoms. The third-order valence-corrected chi connectivity index (χ3v) is 3.49. The van der Waals surface area contributed by atoms with Crippen LogP contribution in [0.3, 0.4) is 0 Å². The van der Waals surface area contributed by atoms with Gasteiger partial charge < -0.3 is 14.5 Å². The van der Waals surface area contributed by atoms with Crippen LogP contribution in [0.1, 0.15) is 31.3 Å². The van der Waals surface area contributed by atoms with Gasteiger partial charge in [-0.25, -0.2) is 4.98 Å². The summed E-state index contributed by atoms with van der Waals surface area (Å²) in [7, 11) is 0. The molecule has 0 saturated carbocycles. The van der Waals surface area contributed by atoms with Crippen LogP contribution in [-0.4, -0.2) is 16.6 Å². The lowest BCUT2D eigenvalue weighted by Crippen LogP contribution is -2.05. The summed E-state index contributed by atoms with van der Waals surface area (Å²) >= 11 is 0. The molecule has 3 rings (SSSR count). The number of aryl methyl sites for hydroxylation is 1. The highest BCUT2D eigenvalue weighted by molar-refractivity contribution is 5.75. The SMILES string of the molecule is CCOc1ccc(O[C@H](C)c2nc3ccc(C)cc3[nH]2)cc1. The fourth-order valence-corrected chi connectivity index (χ4v) is 2.38. The number of fused-ring (bicyclic) bond motifs is 1. The first kappa shape index (κ1) is 14.4. The van der Waals surface area contributed by atoms with Gasteiger partial charge >= 0.3 is 0 Å². The Hall–Kier alpha value is -2.49. The molecule has 0 fully saturated rings. The van der Waals surface area contributed by atoms with E-state index in [0.717, 1.165) is 28.4 Å². The Kier molecular flexibility index (Phi) is 4.00. The van der Waals surface area contributed by atoms with Crippen molar-refractivity contribution in [2.75, 3.05) is 6.61 Å². The molecule has 4 nitrogen and oxygen atoms in total. The van der Waals surface area contributed by atoms with Crippen molar-refractivity contribution in [3.05, 3.63) is 53.9 Å². The second kappa shape index (κ2) is 6.10. The summed E-state index contributed by atoms with van der Waals surface area (Å²) < 4.78 is 11.4. The third kappa shape index (κ3) is 3.06. The van der Waals surface area contributed by atoms with Crippen LogP contribution in [0.2, 0.25) is 0 Å². The van der Waals surface area contributed by atoms with Crippen molar-refractivity contribution in [2.45, 2.75) is 26.9 Å². The number of nitrogens with zero attached hydrogens (tertiary/aromatic N) is 1. The van der Waals surface area contributed by atoms with E-state index in [1.54, 1.807) is 0 Å². The van der Waals surface area contributed by atoms with Gasteiger partial charge in [-0.2, -0.15) is 0 Å². The van der Waals surface area contributed by atoms with Crippen LogP contribution in [0, 0.1) is 6.92 Å². The average Bonchev–Trinajstić information content (AvgIpc) is 2.92. The Balaban J connectivity index is 1.76. The van der Waals surface area contributed by atoms with Crippen LogP contribution in [0.4, 0.5) is 0 Å². The first-order valence-corrected chi connectivity index (χ1v) is 7.51. The minimum atomic E-state index is -0.148. The van der Waals surface area contributed by atoms with E-state index >= 15 is 0 Å². The predicted octanol–water partition coefficient (Wildman–Crippen LogP) is 4.41. The van der Waals surface area contributed by atoms with Crippen molar-refractivity contribution in [3.63, 3.8) is 0 Å². The lowest BCUT2D eigenvalue weighted by molar-refractivity contribution is 0.217. The Bertz CT molecular complexity index is 762. The second-order valence-electron chi connectivity index (χ2n) is 5.31. The standard InChI is InChI=1S/C18H20N2O2/c1-4-21-14-6-8-15(9-7-14)22-13(3)18-19-16-10-5-12(2)11-17(16)20-18/h5-11,13H,4H2,1-3H3,(H,19,20)/t13-/m1/s1. The van der Waals surface area contributed by atoms with Crippen LogP contribution < -0.4 is 9.47 Å². The number of aromatic amines is 1. The number of hydrogen-bond acceptors (Lipinski definition) is 3. The van der Waals surface area contributed by atoms with Crippen LogP contribution in [-0.2, 0) is 0 Å². The molecule has 1 heterocycles. The highest BCUT2D eigenvalue weighted by Gasteiger charge is 2.12. The lowest BCUT2D eigenvalue weighted by Gasteiger charge is -2.12. The largest absolute Gasteiger partial charge is 0.494 e. The lowest BCUT2D eigenvalue weighted by atomic mass is 10.2. The number of hydrogen-bond donors (Lipinski definition) is 1. The maximum absolute atomic E-state index is 5.94. The molecule has 0 aliphatic heterocycles. The fourth-order valence-electron chi connectivity index (χ4n) is 2.38. The minimum absolute atomic E-state index is 0.148. The van der Waals surface area contributed by atoms with E-state index in [-0.39, 0.29) is 6.10 Å². The van der Waals surface area contributed by atoms with Crippen molar-refractivity contribution < 1.29 is 9.47 Å². The monoisotopic (exact) mass is 296 g/mol. The van der Waals surface area contributed by atoms with E-state index in [4.69, 9.17) is 9.47 Å². The van der Waals surface area contributed by atoms with Gasteiger partial charge in [-0.15, -0.1) is 0 Å². The molecule has 0 saturated heterocycles. The van der Waals surface area contributed by atoms with Crippen molar-refractivity contribution in [1.29, 1.82) is 0 Å². The van der Waals surface area contributed by atoms with Crippen LogP contribution in [0.25, 0.3) is 11.0 Å². The third-order valence-electron chi connectivity index (χ3n) is 3.49. The minimum Gasteiger partial charge on any atom is -0.494 e. The van der Waals surface area contributed by atoms with E-state index in [1.807, 2.05) is 44.2 Å². The number of rotatable bonds is 5. The van der Waals surface area contributed by atoms with E-state index in [9.17, 15) is 0 Å². The van der Waals surface area contributed by atoms with Gasteiger partial charge in [0.15, 0.2) is 6.10 Å². The molecule has 1 N–H and O–H groups in total. The van der Waals surface area contributed by atoms with Crippen LogP contribution in [0.5, 0.6) is 11.5 Å². The Morgan fingerprint density at radius 3 is 2.55 bits per heavy atom. The topological polar surface area (TPSA) is 47.1 Å². The molecule has 0 spiro atoms. The summed E-state index contributed by atoms with van der Waals surface area (Å²) in [6.07, 6.45) is -0.148. The Labute approximate surface area is 130 Å². The van der Waals surface area contributed by atoms with E-state index in [2.05, 4.69) is 29.0 Å². The number of imidazole rings is 1. The highest BCUT2D eigenvalue weighted by atomic mass is 16.5. The van der Waals surface area contributed by atoms with Gasteiger partial charge in [0.1, 0.15) is 17.3 Å². The molecule has 0 amide bonds. The van der Waals surface area contributed by atoms with Gasteiger partial charge in [-0.3, -0.25) is 0 Å². The normalized spacial score (nSPS) is 12.3. The van der Waals surface area contributed by atoms with Gasteiger partial charge in [-0.1, -0.05) is 6.07 Å². The van der Waals surface area contributed by atoms with Crippen molar-refractivity contribution in [3.8, 4) is 11.5 Å².